The Morgan fingerprint density at radius 1 is 1.21 bits per heavy atom. The van der Waals surface area contributed by atoms with Gasteiger partial charge in [0.25, 0.3) is 0 Å². The maximum atomic E-state index is 11.4. The lowest BCUT2D eigenvalue weighted by Crippen LogP contribution is -2.41. The fourth-order valence-electron chi connectivity index (χ4n) is 4.35. The molecule has 1 atom stereocenters. The number of benzene rings is 1. The number of likely N-dealkylation sites (N-methyl/N-ethyl adjacent to an activating group) is 1. The number of piperidine rings is 1. The number of likely N-dealkylation sites (tertiary alicyclic amines) is 1. The largest absolute Gasteiger partial charge is 0.480 e. The zero-order valence-electron chi connectivity index (χ0n) is 14.0. The van der Waals surface area contributed by atoms with Crippen molar-refractivity contribution in [1.82, 2.24) is 9.88 Å². The summed E-state index contributed by atoms with van der Waals surface area (Å²) in [6.45, 7) is 2.79. The first kappa shape index (κ1) is 15.4. The second-order valence-corrected chi connectivity index (χ2v) is 7.32. The van der Waals surface area contributed by atoms with Crippen molar-refractivity contribution >= 4 is 22.7 Å². The van der Waals surface area contributed by atoms with Gasteiger partial charge in [-0.3, -0.25) is 9.69 Å². The van der Waals surface area contributed by atoms with E-state index in [-0.39, 0.29) is 11.5 Å². The molecular formula is C19H23N3O2. The van der Waals surface area contributed by atoms with E-state index in [4.69, 9.17) is 4.98 Å². The van der Waals surface area contributed by atoms with E-state index in [1.165, 1.54) is 0 Å². The molecule has 2 aliphatic heterocycles. The molecule has 2 fully saturated rings. The predicted octanol–water partition coefficient (Wildman–Crippen LogP) is 2.61. The fraction of sp³-hybridized carbons (Fsp3) is 0.474. The highest BCUT2D eigenvalue weighted by Crippen LogP contribution is 2.43. The number of carbonyl (C=O) groups is 1. The lowest BCUT2D eigenvalue weighted by Gasteiger charge is -2.39. The van der Waals surface area contributed by atoms with Crippen LogP contribution in [0.3, 0.4) is 0 Å². The topological polar surface area (TPSA) is 56.7 Å². The molecule has 24 heavy (non-hydrogen) atoms. The van der Waals surface area contributed by atoms with E-state index in [9.17, 15) is 9.90 Å². The minimum Gasteiger partial charge on any atom is -0.480 e. The third kappa shape index (κ3) is 2.63. The Kier molecular flexibility index (Phi) is 3.68. The molecule has 0 unspecified atom stereocenters. The summed E-state index contributed by atoms with van der Waals surface area (Å²) < 4.78 is 0. The zero-order chi connectivity index (χ0) is 16.7. The summed E-state index contributed by atoms with van der Waals surface area (Å²) in [5.41, 5.74) is 1.19. The van der Waals surface area contributed by atoms with Crippen molar-refractivity contribution in [3.63, 3.8) is 0 Å². The van der Waals surface area contributed by atoms with Gasteiger partial charge in [-0.2, -0.15) is 0 Å². The minimum atomic E-state index is -0.687. The molecule has 1 aromatic heterocycles. The SMILES string of the molecule is CN1CC2(CCN(c3ccc4ccccc4n3)CC2)C[C@@H]1C(=O)O. The molecule has 0 radical (unpaired) electrons. The zero-order valence-corrected chi connectivity index (χ0v) is 14.0. The van der Waals surface area contributed by atoms with Crippen molar-refractivity contribution in [3.05, 3.63) is 36.4 Å². The highest BCUT2D eigenvalue weighted by molar-refractivity contribution is 5.80. The standard InChI is InChI=1S/C19H23N3O2/c1-21-13-19(12-16(21)18(23)24)8-10-22(11-9-19)17-7-6-14-4-2-3-5-15(14)20-17/h2-7,16H,8-13H2,1H3,(H,23,24)/t16-/m1/s1. The van der Waals surface area contributed by atoms with E-state index in [1.807, 2.05) is 30.1 Å². The van der Waals surface area contributed by atoms with E-state index in [0.29, 0.717) is 0 Å². The summed E-state index contributed by atoms with van der Waals surface area (Å²) in [5.74, 6) is 0.345. The molecule has 0 aliphatic carbocycles. The smallest absolute Gasteiger partial charge is 0.320 e. The number of carboxylic acids is 1. The Balaban J connectivity index is 1.48. The molecule has 1 spiro atoms. The van der Waals surface area contributed by atoms with Crippen LogP contribution in [0, 0.1) is 5.41 Å². The fourth-order valence-corrected chi connectivity index (χ4v) is 4.35. The van der Waals surface area contributed by atoms with Crippen LogP contribution in [0.1, 0.15) is 19.3 Å². The summed E-state index contributed by atoms with van der Waals surface area (Å²) in [6.07, 6.45) is 2.85. The Hall–Kier alpha value is -2.14. The third-order valence-corrected chi connectivity index (χ3v) is 5.76. The molecule has 1 N–H and O–H groups in total. The molecule has 2 aliphatic rings. The first-order valence-electron chi connectivity index (χ1n) is 8.60. The van der Waals surface area contributed by atoms with Gasteiger partial charge in [0.05, 0.1) is 5.52 Å². The van der Waals surface area contributed by atoms with Crippen molar-refractivity contribution < 1.29 is 9.90 Å². The van der Waals surface area contributed by atoms with Crippen LogP contribution in [-0.4, -0.2) is 53.7 Å². The van der Waals surface area contributed by atoms with Crippen LogP contribution in [0.5, 0.6) is 0 Å². The molecule has 5 nitrogen and oxygen atoms in total. The normalized spacial score (nSPS) is 23.9. The number of para-hydroxylation sites is 1. The number of fused-ring (bicyclic) bond motifs is 1. The molecule has 5 heteroatoms. The van der Waals surface area contributed by atoms with Crippen LogP contribution >= 0.6 is 0 Å². The van der Waals surface area contributed by atoms with Crippen molar-refractivity contribution in [2.24, 2.45) is 5.41 Å². The number of pyridine rings is 1. The first-order valence-corrected chi connectivity index (χ1v) is 8.60. The van der Waals surface area contributed by atoms with Gasteiger partial charge in [0.15, 0.2) is 0 Å². The number of carboxylic acid groups (broad SMARTS) is 1. The summed E-state index contributed by atoms with van der Waals surface area (Å²) >= 11 is 0. The first-order chi connectivity index (χ1) is 11.6. The molecule has 4 rings (SSSR count). The van der Waals surface area contributed by atoms with Gasteiger partial charge in [-0.15, -0.1) is 0 Å². The number of aliphatic carboxylic acids is 1. The van der Waals surface area contributed by atoms with Crippen molar-refractivity contribution in [2.75, 3.05) is 31.6 Å². The van der Waals surface area contributed by atoms with Crippen LogP contribution in [0.25, 0.3) is 10.9 Å². The highest BCUT2D eigenvalue weighted by Gasteiger charge is 2.46. The van der Waals surface area contributed by atoms with Crippen LogP contribution in [0.15, 0.2) is 36.4 Å². The molecule has 3 heterocycles. The number of nitrogens with zero attached hydrogens (tertiary/aromatic N) is 3. The van der Waals surface area contributed by atoms with Crippen LogP contribution in [0.4, 0.5) is 5.82 Å². The summed E-state index contributed by atoms with van der Waals surface area (Å²) in [4.78, 5) is 20.5. The number of rotatable bonds is 2. The van der Waals surface area contributed by atoms with Gasteiger partial charge < -0.3 is 10.0 Å². The second kappa shape index (κ2) is 5.74. The van der Waals surface area contributed by atoms with Crippen molar-refractivity contribution in [3.8, 4) is 0 Å². The predicted molar refractivity (Wildman–Crippen MR) is 94.3 cm³/mol. The number of hydrogen-bond acceptors (Lipinski definition) is 4. The Morgan fingerprint density at radius 3 is 2.67 bits per heavy atom. The number of anilines is 1. The molecule has 0 saturated carbocycles. The quantitative estimate of drug-likeness (QED) is 0.920. The summed E-state index contributed by atoms with van der Waals surface area (Å²) in [6, 6.07) is 12.1. The molecular weight excluding hydrogens is 302 g/mol. The Labute approximate surface area is 141 Å². The maximum absolute atomic E-state index is 11.4. The lowest BCUT2D eigenvalue weighted by atomic mass is 9.76. The minimum absolute atomic E-state index is 0.158. The van der Waals surface area contributed by atoms with Crippen molar-refractivity contribution in [1.29, 1.82) is 0 Å². The van der Waals surface area contributed by atoms with Gasteiger partial charge >= 0.3 is 5.97 Å². The van der Waals surface area contributed by atoms with Gasteiger partial charge in [0.2, 0.25) is 0 Å². The Morgan fingerprint density at radius 2 is 1.96 bits per heavy atom. The average molecular weight is 325 g/mol. The van der Waals surface area contributed by atoms with Gasteiger partial charge in [-0.1, -0.05) is 18.2 Å². The Bertz CT molecular complexity index is 768. The van der Waals surface area contributed by atoms with E-state index >= 15 is 0 Å². The van der Waals surface area contributed by atoms with Gasteiger partial charge in [0, 0.05) is 25.0 Å². The molecule has 2 saturated heterocycles. The van der Waals surface area contributed by atoms with Gasteiger partial charge in [0.1, 0.15) is 11.9 Å². The lowest BCUT2D eigenvalue weighted by molar-refractivity contribution is -0.141. The van der Waals surface area contributed by atoms with Gasteiger partial charge in [-0.25, -0.2) is 4.98 Å². The maximum Gasteiger partial charge on any atom is 0.320 e. The molecule has 0 amide bonds. The summed E-state index contributed by atoms with van der Waals surface area (Å²) in [5, 5.41) is 10.5. The van der Waals surface area contributed by atoms with E-state index in [0.717, 1.165) is 55.6 Å². The monoisotopic (exact) mass is 325 g/mol. The van der Waals surface area contributed by atoms with E-state index < -0.39 is 5.97 Å². The number of aromatic nitrogens is 1. The summed E-state index contributed by atoms with van der Waals surface area (Å²) in [7, 11) is 1.94. The van der Waals surface area contributed by atoms with E-state index in [1.54, 1.807) is 0 Å². The molecule has 1 aromatic carbocycles. The average Bonchev–Trinajstić information content (AvgIpc) is 2.91. The number of hydrogen-bond donors (Lipinski definition) is 1. The molecule has 126 valence electrons. The van der Waals surface area contributed by atoms with Crippen molar-refractivity contribution in [2.45, 2.75) is 25.3 Å². The van der Waals surface area contributed by atoms with E-state index in [2.05, 4.69) is 23.1 Å². The molecule has 0 bridgehead atoms. The van der Waals surface area contributed by atoms with Crippen LogP contribution in [0.2, 0.25) is 0 Å². The molecule has 2 aromatic rings. The highest BCUT2D eigenvalue weighted by atomic mass is 16.4. The second-order valence-electron chi connectivity index (χ2n) is 7.32. The van der Waals surface area contributed by atoms with Gasteiger partial charge in [-0.05, 0) is 49.9 Å². The van der Waals surface area contributed by atoms with Crippen LogP contribution in [-0.2, 0) is 4.79 Å². The van der Waals surface area contributed by atoms with Crippen LogP contribution < -0.4 is 4.90 Å². The third-order valence-electron chi connectivity index (χ3n) is 5.76.